The molecule has 1 heterocycles. The normalized spacial score (nSPS) is 15.9. The van der Waals surface area contributed by atoms with Crippen molar-refractivity contribution in [1.29, 1.82) is 0 Å². The molecule has 2 aromatic rings. The summed E-state index contributed by atoms with van der Waals surface area (Å²) in [6, 6.07) is 14.8. The van der Waals surface area contributed by atoms with Crippen molar-refractivity contribution in [2.75, 3.05) is 4.90 Å². The number of nitrogens with zero attached hydrogens (tertiary/aromatic N) is 1. The number of aromatic hydroxyl groups is 1. The van der Waals surface area contributed by atoms with Gasteiger partial charge < -0.3 is 14.7 Å². The number of phenols is 1. The van der Waals surface area contributed by atoms with Gasteiger partial charge in [-0.1, -0.05) is 44.2 Å². The van der Waals surface area contributed by atoms with Crippen LogP contribution in [-0.4, -0.2) is 16.6 Å². The van der Waals surface area contributed by atoms with Crippen molar-refractivity contribution in [2.24, 2.45) is 0 Å². The predicted molar refractivity (Wildman–Crippen MR) is 89.7 cm³/mol. The van der Waals surface area contributed by atoms with Crippen LogP contribution in [0.5, 0.6) is 11.5 Å². The first-order valence-corrected chi connectivity index (χ1v) is 7.97. The summed E-state index contributed by atoms with van der Waals surface area (Å²) in [5.74, 6) is 0.713. The maximum absolute atomic E-state index is 13.1. The number of ether oxygens (including phenoxy) is 1. The Hall–Kier alpha value is -2.49. The van der Waals surface area contributed by atoms with Gasteiger partial charge in [0.05, 0.1) is 12.2 Å². The molecule has 0 atom stereocenters. The third-order valence-electron chi connectivity index (χ3n) is 4.50. The molecule has 0 unspecified atom stereocenters. The molecular weight excluding hydrogens is 290 g/mol. The molecule has 0 bridgehead atoms. The molecule has 1 aliphatic heterocycles. The molecule has 0 spiro atoms. The van der Waals surface area contributed by atoms with Gasteiger partial charge in [-0.15, -0.1) is 0 Å². The number of carbonyl (C=O) groups excluding carboxylic acids is 1. The lowest BCUT2D eigenvalue weighted by Gasteiger charge is -2.42. The van der Waals surface area contributed by atoms with Gasteiger partial charge in [0, 0.05) is 6.07 Å². The zero-order valence-corrected chi connectivity index (χ0v) is 13.5. The van der Waals surface area contributed by atoms with Crippen LogP contribution in [0.2, 0.25) is 0 Å². The number of carbonyl (C=O) groups is 1. The molecule has 120 valence electrons. The van der Waals surface area contributed by atoms with Crippen molar-refractivity contribution in [3.05, 3.63) is 54.1 Å². The van der Waals surface area contributed by atoms with Gasteiger partial charge in [0.25, 0.3) is 5.91 Å². The first kappa shape index (κ1) is 15.4. The summed E-state index contributed by atoms with van der Waals surface area (Å²) in [6.45, 7) is 4.39. The minimum atomic E-state index is -0.835. The number of benzene rings is 2. The number of hydrogen-bond acceptors (Lipinski definition) is 3. The van der Waals surface area contributed by atoms with Gasteiger partial charge in [0.15, 0.2) is 5.60 Å². The van der Waals surface area contributed by atoms with Crippen LogP contribution < -0.4 is 9.64 Å². The second kappa shape index (κ2) is 5.95. The highest BCUT2D eigenvalue weighted by Crippen LogP contribution is 2.42. The van der Waals surface area contributed by atoms with Crippen LogP contribution in [0.3, 0.4) is 0 Å². The van der Waals surface area contributed by atoms with Crippen molar-refractivity contribution < 1.29 is 14.6 Å². The average Bonchev–Trinajstić information content (AvgIpc) is 2.59. The van der Waals surface area contributed by atoms with Gasteiger partial charge in [0.1, 0.15) is 11.5 Å². The molecule has 1 amide bonds. The van der Waals surface area contributed by atoms with Crippen molar-refractivity contribution in [3.63, 3.8) is 0 Å². The quantitative estimate of drug-likeness (QED) is 0.932. The molecule has 0 fully saturated rings. The van der Waals surface area contributed by atoms with Crippen LogP contribution in [0.1, 0.15) is 32.3 Å². The number of rotatable bonds is 4. The van der Waals surface area contributed by atoms with Crippen LogP contribution in [0.4, 0.5) is 5.69 Å². The average molecular weight is 311 g/mol. The fourth-order valence-electron chi connectivity index (χ4n) is 3.03. The summed E-state index contributed by atoms with van der Waals surface area (Å²) in [4.78, 5) is 14.8. The smallest absolute Gasteiger partial charge is 0.271 e. The Kier molecular flexibility index (Phi) is 3.99. The molecule has 0 aliphatic carbocycles. The standard InChI is InChI=1S/C19H21NO3/c1-3-19(4-2)18(22)20(13-14-8-6-5-7-9-14)16-12-15(21)10-11-17(16)23-19/h5-12,21H,3-4,13H2,1-2H3. The molecule has 2 aromatic carbocycles. The minimum Gasteiger partial charge on any atom is -0.508 e. The highest BCUT2D eigenvalue weighted by atomic mass is 16.5. The fourth-order valence-corrected chi connectivity index (χ4v) is 3.03. The third kappa shape index (κ3) is 2.65. The van der Waals surface area contributed by atoms with Gasteiger partial charge in [-0.05, 0) is 30.5 Å². The lowest BCUT2D eigenvalue weighted by molar-refractivity contribution is -0.136. The predicted octanol–water partition coefficient (Wildman–Crippen LogP) is 3.88. The fraction of sp³-hybridized carbons (Fsp3) is 0.316. The summed E-state index contributed by atoms with van der Waals surface area (Å²) in [5, 5.41) is 9.81. The van der Waals surface area contributed by atoms with Crippen LogP contribution in [-0.2, 0) is 11.3 Å². The van der Waals surface area contributed by atoms with E-state index in [1.165, 1.54) is 0 Å². The van der Waals surface area contributed by atoms with Gasteiger partial charge in [-0.3, -0.25) is 4.79 Å². The second-order valence-corrected chi connectivity index (χ2v) is 5.83. The van der Waals surface area contributed by atoms with Crippen molar-refractivity contribution in [3.8, 4) is 11.5 Å². The number of hydrogen-bond donors (Lipinski definition) is 1. The molecule has 4 nitrogen and oxygen atoms in total. The monoisotopic (exact) mass is 311 g/mol. The Balaban J connectivity index is 2.07. The van der Waals surface area contributed by atoms with Crippen molar-refractivity contribution >= 4 is 11.6 Å². The SMILES string of the molecule is CCC1(CC)Oc2ccc(O)cc2N(Cc2ccccc2)C1=O. The summed E-state index contributed by atoms with van der Waals surface area (Å²) >= 11 is 0. The van der Waals surface area contributed by atoms with Gasteiger partial charge in [-0.25, -0.2) is 0 Å². The molecule has 23 heavy (non-hydrogen) atoms. The Morgan fingerprint density at radius 1 is 1.09 bits per heavy atom. The van der Waals surface area contributed by atoms with Crippen molar-refractivity contribution in [2.45, 2.75) is 38.8 Å². The Morgan fingerprint density at radius 2 is 1.78 bits per heavy atom. The van der Waals surface area contributed by atoms with Crippen LogP contribution >= 0.6 is 0 Å². The van der Waals surface area contributed by atoms with Gasteiger partial charge >= 0.3 is 0 Å². The molecule has 0 aromatic heterocycles. The van der Waals surface area contributed by atoms with Gasteiger partial charge in [-0.2, -0.15) is 0 Å². The number of anilines is 1. The zero-order valence-electron chi connectivity index (χ0n) is 13.5. The lowest BCUT2D eigenvalue weighted by atomic mass is 9.92. The lowest BCUT2D eigenvalue weighted by Crippen LogP contribution is -2.55. The maximum Gasteiger partial charge on any atom is 0.271 e. The highest BCUT2D eigenvalue weighted by Gasteiger charge is 2.45. The van der Waals surface area contributed by atoms with E-state index in [-0.39, 0.29) is 11.7 Å². The minimum absolute atomic E-state index is 0.0514. The van der Waals surface area contributed by atoms with E-state index in [9.17, 15) is 9.90 Å². The maximum atomic E-state index is 13.1. The first-order chi connectivity index (χ1) is 11.1. The summed E-state index contributed by atoms with van der Waals surface area (Å²) in [6.07, 6.45) is 1.21. The van der Waals surface area contributed by atoms with Crippen LogP contribution in [0.25, 0.3) is 0 Å². The van der Waals surface area contributed by atoms with Crippen LogP contribution in [0.15, 0.2) is 48.5 Å². The first-order valence-electron chi connectivity index (χ1n) is 7.97. The molecular formula is C19H21NO3. The largest absolute Gasteiger partial charge is 0.508 e. The molecule has 0 saturated heterocycles. The topological polar surface area (TPSA) is 49.8 Å². The van der Waals surface area contributed by atoms with E-state index in [0.717, 1.165) is 5.56 Å². The number of amides is 1. The number of fused-ring (bicyclic) bond motifs is 1. The number of phenolic OH excluding ortho intramolecular Hbond substituents is 1. The molecule has 1 N–H and O–H groups in total. The zero-order chi connectivity index (χ0) is 16.4. The van der Waals surface area contributed by atoms with E-state index in [1.54, 1.807) is 23.1 Å². The molecule has 0 saturated carbocycles. The van der Waals surface area contributed by atoms with E-state index >= 15 is 0 Å². The van der Waals surface area contributed by atoms with E-state index in [1.807, 2.05) is 44.2 Å². The van der Waals surface area contributed by atoms with E-state index in [2.05, 4.69) is 0 Å². The second-order valence-electron chi connectivity index (χ2n) is 5.83. The van der Waals surface area contributed by atoms with Crippen LogP contribution in [0, 0.1) is 0 Å². The molecule has 1 aliphatic rings. The summed E-state index contributed by atoms with van der Waals surface area (Å²) in [5.41, 5.74) is 0.827. The Labute approximate surface area is 136 Å². The van der Waals surface area contributed by atoms with E-state index < -0.39 is 5.60 Å². The van der Waals surface area contributed by atoms with Crippen molar-refractivity contribution in [1.82, 2.24) is 0 Å². The molecule has 0 radical (unpaired) electrons. The Bertz CT molecular complexity index is 708. The van der Waals surface area contributed by atoms with E-state index in [4.69, 9.17) is 4.74 Å². The summed E-state index contributed by atoms with van der Waals surface area (Å²) < 4.78 is 6.05. The Morgan fingerprint density at radius 3 is 2.43 bits per heavy atom. The van der Waals surface area contributed by atoms with E-state index in [0.29, 0.717) is 30.8 Å². The molecule has 3 rings (SSSR count). The third-order valence-corrected chi connectivity index (χ3v) is 4.50. The summed E-state index contributed by atoms with van der Waals surface area (Å²) in [7, 11) is 0. The van der Waals surface area contributed by atoms with Gasteiger partial charge in [0.2, 0.25) is 0 Å². The highest BCUT2D eigenvalue weighted by molar-refractivity contribution is 6.03. The molecule has 4 heteroatoms.